The molecule has 8 heteroatoms. The average Bonchev–Trinajstić information content (AvgIpc) is 3.37. The van der Waals surface area contributed by atoms with Gasteiger partial charge < -0.3 is 9.15 Å². The van der Waals surface area contributed by atoms with Gasteiger partial charge in [-0.3, -0.25) is 9.36 Å². The summed E-state index contributed by atoms with van der Waals surface area (Å²) in [4.78, 5) is 28.4. The number of nitrogens with zero attached hydrogens (tertiary/aromatic N) is 2. The normalized spacial score (nSPS) is 11.1. The van der Waals surface area contributed by atoms with Crippen molar-refractivity contribution in [3.05, 3.63) is 62.7 Å². The van der Waals surface area contributed by atoms with Crippen LogP contribution in [0.2, 0.25) is 0 Å². The summed E-state index contributed by atoms with van der Waals surface area (Å²) in [6.45, 7) is 0.340. The zero-order valence-electron chi connectivity index (χ0n) is 13.6. The summed E-state index contributed by atoms with van der Waals surface area (Å²) in [6.07, 6.45) is 0.0883. The van der Waals surface area contributed by atoms with Gasteiger partial charge in [0, 0.05) is 22.9 Å². The van der Waals surface area contributed by atoms with Crippen LogP contribution in [-0.2, 0) is 22.7 Å². The van der Waals surface area contributed by atoms with Gasteiger partial charge in [0.2, 0.25) is 0 Å². The van der Waals surface area contributed by atoms with E-state index in [1.165, 1.54) is 15.9 Å². The molecule has 0 aliphatic rings. The minimum absolute atomic E-state index is 0.0883. The highest BCUT2D eigenvalue weighted by Crippen LogP contribution is 2.25. The van der Waals surface area contributed by atoms with Crippen molar-refractivity contribution in [1.82, 2.24) is 9.55 Å². The predicted octanol–water partition coefficient (Wildman–Crippen LogP) is 3.91. The standard InChI is InChI=1S/C18H14N2O4S2/c21-16(5-7-20-14-3-1-2-4-15(14)24-18(20)22)23-9-13-11-26-17(19-13)12-6-8-25-10-12/h1-4,6,8,10-11H,5,7,9H2. The minimum Gasteiger partial charge on any atom is -0.459 e. The third kappa shape index (κ3) is 3.47. The Labute approximate surface area is 156 Å². The fourth-order valence-electron chi connectivity index (χ4n) is 2.55. The lowest BCUT2D eigenvalue weighted by Gasteiger charge is -2.04. The molecular formula is C18H14N2O4S2. The number of aromatic nitrogens is 2. The number of oxazole rings is 1. The van der Waals surface area contributed by atoms with Gasteiger partial charge in [0.15, 0.2) is 5.58 Å². The van der Waals surface area contributed by atoms with E-state index in [0.717, 1.165) is 16.3 Å². The van der Waals surface area contributed by atoms with Crippen LogP contribution in [0.4, 0.5) is 0 Å². The number of carbonyl (C=O) groups excluding carboxylic acids is 1. The molecule has 0 radical (unpaired) electrons. The van der Waals surface area contributed by atoms with Crippen LogP contribution >= 0.6 is 22.7 Å². The van der Waals surface area contributed by atoms with Crippen molar-refractivity contribution in [3.8, 4) is 10.6 Å². The number of benzene rings is 1. The summed E-state index contributed by atoms with van der Waals surface area (Å²) in [5.41, 5.74) is 2.97. The topological polar surface area (TPSA) is 74.3 Å². The van der Waals surface area contributed by atoms with Crippen LogP contribution in [0.25, 0.3) is 21.7 Å². The van der Waals surface area contributed by atoms with Gasteiger partial charge in [0.05, 0.1) is 17.6 Å². The Morgan fingerprint density at radius 1 is 1.23 bits per heavy atom. The number of thiophene rings is 1. The first-order valence-corrected chi connectivity index (χ1v) is 9.74. The first kappa shape index (κ1) is 16.7. The first-order chi connectivity index (χ1) is 12.7. The molecule has 4 rings (SSSR count). The molecule has 0 N–H and O–H groups in total. The second-order valence-electron chi connectivity index (χ2n) is 5.55. The number of fused-ring (bicyclic) bond motifs is 1. The maximum absolute atomic E-state index is 12.0. The van der Waals surface area contributed by atoms with Crippen LogP contribution in [0.1, 0.15) is 12.1 Å². The molecular weight excluding hydrogens is 372 g/mol. The van der Waals surface area contributed by atoms with E-state index in [0.29, 0.717) is 11.1 Å². The molecule has 26 heavy (non-hydrogen) atoms. The molecule has 0 atom stereocenters. The van der Waals surface area contributed by atoms with Gasteiger partial charge >= 0.3 is 11.7 Å². The third-order valence-corrected chi connectivity index (χ3v) is 5.44. The Balaban J connectivity index is 1.34. The van der Waals surface area contributed by atoms with Gasteiger partial charge in [-0.05, 0) is 23.6 Å². The fourth-order valence-corrected chi connectivity index (χ4v) is 4.06. The summed E-state index contributed by atoms with van der Waals surface area (Å²) < 4.78 is 11.9. The number of esters is 1. The molecule has 4 aromatic rings. The molecule has 0 spiro atoms. The van der Waals surface area contributed by atoms with Gasteiger partial charge in [0.1, 0.15) is 11.6 Å². The molecule has 0 aliphatic carbocycles. The molecule has 3 aromatic heterocycles. The van der Waals surface area contributed by atoms with Crippen molar-refractivity contribution in [3.63, 3.8) is 0 Å². The van der Waals surface area contributed by atoms with Crippen molar-refractivity contribution in [2.75, 3.05) is 0 Å². The molecule has 1 aromatic carbocycles. The summed E-state index contributed by atoms with van der Waals surface area (Å²) in [5.74, 6) is -0.855. The predicted molar refractivity (Wildman–Crippen MR) is 100 cm³/mol. The Hall–Kier alpha value is -2.71. The SMILES string of the molecule is O=C(CCn1c(=O)oc2ccccc21)OCc1csc(-c2ccsc2)n1. The van der Waals surface area contributed by atoms with E-state index >= 15 is 0 Å². The molecule has 0 fully saturated rings. The number of ether oxygens (including phenoxy) is 1. The van der Waals surface area contributed by atoms with Crippen LogP contribution in [-0.4, -0.2) is 15.5 Å². The zero-order chi connectivity index (χ0) is 17.9. The number of para-hydroxylation sites is 2. The monoisotopic (exact) mass is 386 g/mol. The molecule has 0 unspecified atom stereocenters. The van der Waals surface area contributed by atoms with E-state index in [4.69, 9.17) is 9.15 Å². The summed E-state index contributed by atoms with van der Waals surface area (Å²) in [5, 5.41) is 6.82. The highest BCUT2D eigenvalue weighted by Gasteiger charge is 2.12. The lowest BCUT2D eigenvalue weighted by Crippen LogP contribution is -2.17. The van der Waals surface area contributed by atoms with E-state index in [1.54, 1.807) is 29.5 Å². The van der Waals surface area contributed by atoms with Gasteiger partial charge in [-0.25, -0.2) is 9.78 Å². The van der Waals surface area contributed by atoms with Crippen LogP contribution in [0.3, 0.4) is 0 Å². The largest absolute Gasteiger partial charge is 0.459 e. The Morgan fingerprint density at radius 3 is 2.96 bits per heavy atom. The van der Waals surface area contributed by atoms with Gasteiger partial charge in [-0.2, -0.15) is 11.3 Å². The van der Waals surface area contributed by atoms with E-state index in [9.17, 15) is 9.59 Å². The highest BCUT2D eigenvalue weighted by atomic mass is 32.1. The smallest absolute Gasteiger partial charge is 0.419 e. The quantitative estimate of drug-likeness (QED) is 0.470. The van der Waals surface area contributed by atoms with Crippen molar-refractivity contribution < 1.29 is 13.9 Å². The van der Waals surface area contributed by atoms with Gasteiger partial charge in [-0.15, -0.1) is 11.3 Å². The van der Waals surface area contributed by atoms with Crippen LogP contribution < -0.4 is 5.76 Å². The van der Waals surface area contributed by atoms with E-state index in [-0.39, 0.29) is 25.5 Å². The molecule has 0 saturated heterocycles. The Bertz CT molecular complexity index is 1090. The number of rotatable bonds is 6. The molecule has 0 saturated carbocycles. The van der Waals surface area contributed by atoms with E-state index in [2.05, 4.69) is 4.98 Å². The third-order valence-electron chi connectivity index (χ3n) is 3.81. The van der Waals surface area contributed by atoms with E-state index < -0.39 is 5.76 Å². The molecule has 0 amide bonds. The molecule has 6 nitrogen and oxygen atoms in total. The van der Waals surface area contributed by atoms with Crippen molar-refractivity contribution >= 4 is 39.7 Å². The number of aryl methyl sites for hydroxylation is 1. The number of thiazole rings is 1. The molecule has 0 bridgehead atoms. The fraction of sp³-hybridized carbons (Fsp3) is 0.167. The average molecular weight is 386 g/mol. The van der Waals surface area contributed by atoms with Gasteiger partial charge in [-0.1, -0.05) is 12.1 Å². The minimum atomic E-state index is -0.473. The number of hydrogen-bond donors (Lipinski definition) is 0. The highest BCUT2D eigenvalue weighted by molar-refractivity contribution is 7.14. The zero-order valence-corrected chi connectivity index (χ0v) is 15.2. The Kier molecular flexibility index (Phi) is 4.68. The van der Waals surface area contributed by atoms with E-state index in [1.807, 2.05) is 28.3 Å². The maximum atomic E-state index is 12.0. The number of carbonyl (C=O) groups is 1. The lowest BCUT2D eigenvalue weighted by atomic mass is 10.3. The molecule has 132 valence electrons. The number of hydrogen-bond acceptors (Lipinski definition) is 7. The molecule has 3 heterocycles. The summed E-state index contributed by atoms with van der Waals surface area (Å²) >= 11 is 3.13. The molecule has 0 aliphatic heterocycles. The van der Waals surface area contributed by atoms with Crippen LogP contribution in [0.15, 0.2) is 55.7 Å². The van der Waals surface area contributed by atoms with Crippen LogP contribution in [0, 0.1) is 0 Å². The van der Waals surface area contributed by atoms with Crippen molar-refractivity contribution in [2.24, 2.45) is 0 Å². The Morgan fingerprint density at radius 2 is 2.12 bits per heavy atom. The second-order valence-corrected chi connectivity index (χ2v) is 7.19. The summed E-state index contributed by atoms with van der Waals surface area (Å²) in [6, 6.07) is 9.12. The van der Waals surface area contributed by atoms with Gasteiger partial charge in [0.25, 0.3) is 0 Å². The maximum Gasteiger partial charge on any atom is 0.419 e. The first-order valence-electron chi connectivity index (χ1n) is 7.91. The van der Waals surface area contributed by atoms with Crippen LogP contribution in [0.5, 0.6) is 0 Å². The lowest BCUT2D eigenvalue weighted by molar-refractivity contribution is -0.145. The van der Waals surface area contributed by atoms with Crippen molar-refractivity contribution in [2.45, 2.75) is 19.6 Å². The second kappa shape index (κ2) is 7.27. The van der Waals surface area contributed by atoms with Crippen molar-refractivity contribution in [1.29, 1.82) is 0 Å². The summed E-state index contributed by atoms with van der Waals surface area (Å²) in [7, 11) is 0.